The van der Waals surface area contributed by atoms with Crippen molar-refractivity contribution in [3.05, 3.63) is 74.1 Å². The largest absolute Gasteiger partial charge is 0.352 e. The zero-order chi connectivity index (χ0) is 16.1. The van der Waals surface area contributed by atoms with Gasteiger partial charge in [-0.2, -0.15) is 0 Å². The smallest absolute Gasteiger partial charge is 0.227 e. The van der Waals surface area contributed by atoms with Gasteiger partial charge in [-0.1, -0.05) is 42.5 Å². The van der Waals surface area contributed by atoms with Crippen molar-refractivity contribution in [2.45, 2.75) is 13.0 Å². The molecule has 23 heavy (non-hydrogen) atoms. The number of carbonyl (C=O) groups is 1. The fourth-order valence-corrected chi connectivity index (χ4v) is 3.30. The Bertz CT molecular complexity index is 784. The minimum Gasteiger partial charge on any atom is -0.352 e. The molecule has 0 bridgehead atoms. The molecule has 0 saturated carbocycles. The van der Waals surface area contributed by atoms with Crippen LogP contribution in [0, 0.1) is 3.57 Å². The first-order valence-corrected chi connectivity index (χ1v) is 9.17. The highest BCUT2D eigenvalue weighted by Crippen LogP contribution is 2.23. The predicted octanol–water partition coefficient (Wildman–Crippen LogP) is 4.27. The van der Waals surface area contributed by atoms with Crippen LogP contribution in [-0.4, -0.2) is 10.9 Å². The van der Waals surface area contributed by atoms with Gasteiger partial charge in [0, 0.05) is 21.1 Å². The third kappa shape index (κ3) is 4.62. The normalized spacial score (nSPS) is 10.5. The molecule has 1 heterocycles. The molecule has 0 atom stereocenters. The number of amides is 1. The van der Waals surface area contributed by atoms with E-state index in [-0.39, 0.29) is 5.91 Å². The van der Waals surface area contributed by atoms with Crippen molar-refractivity contribution in [2.75, 3.05) is 0 Å². The lowest BCUT2D eigenvalue weighted by molar-refractivity contribution is -0.120. The molecule has 116 valence electrons. The molecule has 0 aliphatic heterocycles. The average molecular weight is 434 g/mol. The summed E-state index contributed by atoms with van der Waals surface area (Å²) in [7, 11) is 0. The van der Waals surface area contributed by atoms with Crippen molar-refractivity contribution in [3.63, 3.8) is 0 Å². The van der Waals surface area contributed by atoms with Gasteiger partial charge in [0.25, 0.3) is 0 Å². The van der Waals surface area contributed by atoms with Gasteiger partial charge in [0.15, 0.2) is 0 Å². The summed E-state index contributed by atoms with van der Waals surface area (Å²) in [6.45, 7) is 0.551. The van der Waals surface area contributed by atoms with E-state index in [0.29, 0.717) is 13.0 Å². The van der Waals surface area contributed by atoms with Crippen LogP contribution in [0.15, 0.2) is 60.0 Å². The fraction of sp³-hybridized carbons (Fsp3) is 0.111. The van der Waals surface area contributed by atoms with Crippen LogP contribution in [-0.2, 0) is 17.8 Å². The molecule has 2 aromatic carbocycles. The molecule has 0 fully saturated rings. The summed E-state index contributed by atoms with van der Waals surface area (Å²) in [4.78, 5) is 16.6. The third-order valence-corrected chi connectivity index (χ3v) is 4.90. The maximum absolute atomic E-state index is 12.0. The molecule has 0 radical (unpaired) electrons. The first-order valence-electron chi connectivity index (χ1n) is 7.22. The molecule has 3 aromatic rings. The highest BCUT2D eigenvalue weighted by molar-refractivity contribution is 14.1. The standard InChI is InChI=1S/C18H15IN2OS/c19-15-8-6-14(7-9-15)16-12-23-18(21-16)10-17(22)20-11-13-4-2-1-3-5-13/h1-9,12H,10-11H2,(H,20,22). The van der Waals surface area contributed by atoms with Crippen LogP contribution in [0.25, 0.3) is 11.3 Å². The van der Waals surface area contributed by atoms with Gasteiger partial charge in [0.1, 0.15) is 5.01 Å². The number of halogens is 1. The van der Waals surface area contributed by atoms with Crippen molar-refractivity contribution in [1.29, 1.82) is 0 Å². The molecule has 5 heteroatoms. The van der Waals surface area contributed by atoms with Gasteiger partial charge in [0.05, 0.1) is 12.1 Å². The van der Waals surface area contributed by atoms with E-state index < -0.39 is 0 Å². The molecule has 0 aliphatic rings. The fourth-order valence-electron chi connectivity index (χ4n) is 2.14. The molecule has 3 nitrogen and oxygen atoms in total. The summed E-state index contributed by atoms with van der Waals surface area (Å²) in [5.41, 5.74) is 3.11. The first kappa shape index (κ1) is 16.1. The summed E-state index contributed by atoms with van der Waals surface area (Å²) >= 11 is 3.81. The van der Waals surface area contributed by atoms with Crippen LogP contribution in [0.4, 0.5) is 0 Å². The van der Waals surface area contributed by atoms with E-state index in [1.54, 1.807) is 0 Å². The number of benzene rings is 2. The molecular weight excluding hydrogens is 419 g/mol. The third-order valence-electron chi connectivity index (χ3n) is 3.34. The Labute approximate surface area is 152 Å². The van der Waals surface area contributed by atoms with E-state index in [9.17, 15) is 4.79 Å². The van der Waals surface area contributed by atoms with Crippen LogP contribution in [0.5, 0.6) is 0 Å². The lowest BCUT2D eigenvalue weighted by Gasteiger charge is -2.03. The minimum atomic E-state index is -0.00244. The van der Waals surface area contributed by atoms with Gasteiger partial charge < -0.3 is 5.32 Å². The molecule has 1 amide bonds. The van der Waals surface area contributed by atoms with Crippen molar-refractivity contribution >= 4 is 39.8 Å². The topological polar surface area (TPSA) is 42.0 Å². The van der Waals surface area contributed by atoms with Crippen LogP contribution in [0.3, 0.4) is 0 Å². The second kappa shape index (κ2) is 7.70. The Balaban J connectivity index is 1.58. The monoisotopic (exact) mass is 434 g/mol. The van der Waals surface area contributed by atoms with E-state index in [2.05, 4.69) is 57.2 Å². The number of carbonyl (C=O) groups excluding carboxylic acids is 1. The molecule has 0 unspecified atom stereocenters. The Morgan fingerprint density at radius 3 is 2.57 bits per heavy atom. The Hall–Kier alpha value is -1.73. The van der Waals surface area contributed by atoms with Gasteiger partial charge in [-0.3, -0.25) is 4.79 Å². The molecule has 1 N–H and O–H groups in total. The van der Waals surface area contributed by atoms with Crippen LogP contribution >= 0.6 is 33.9 Å². The zero-order valence-corrected chi connectivity index (χ0v) is 15.3. The number of aromatic nitrogens is 1. The maximum Gasteiger partial charge on any atom is 0.227 e. The van der Waals surface area contributed by atoms with Gasteiger partial charge >= 0.3 is 0 Å². The van der Waals surface area contributed by atoms with Gasteiger partial charge in [0.2, 0.25) is 5.91 Å². The van der Waals surface area contributed by atoms with Crippen LogP contribution in [0.1, 0.15) is 10.6 Å². The van der Waals surface area contributed by atoms with Crippen molar-refractivity contribution in [2.24, 2.45) is 0 Å². The van der Waals surface area contributed by atoms with Crippen LogP contribution in [0.2, 0.25) is 0 Å². The summed E-state index contributed by atoms with van der Waals surface area (Å²) in [6.07, 6.45) is 0.321. The van der Waals surface area contributed by atoms with Crippen molar-refractivity contribution in [1.82, 2.24) is 10.3 Å². The van der Waals surface area contributed by atoms with Crippen LogP contribution < -0.4 is 5.32 Å². The minimum absolute atomic E-state index is 0.00244. The second-order valence-electron chi connectivity index (χ2n) is 5.07. The Morgan fingerprint density at radius 2 is 1.83 bits per heavy atom. The Kier molecular flexibility index (Phi) is 5.40. The summed E-state index contributed by atoms with van der Waals surface area (Å²) in [5, 5.41) is 5.77. The molecule has 0 saturated heterocycles. The number of nitrogens with zero attached hydrogens (tertiary/aromatic N) is 1. The first-order chi connectivity index (χ1) is 11.2. The number of nitrogens with one attached hydrogen (secondary N) is 1. The molecule has 0 spiro atoms. The quantitative estimate of drug-likeness (QED) is 0.610. The second-order valence-corrected chi connectivity index (χ2v) is 7.26. The predicted molar refractivity (Wildman–Crippen MR) is 102 cm³/mol. The van der Waals surface area contributed by atoms with Crippen molar-refractivity contribution < 1.29 is 4.79 Å². The van der Waals surface area contributed by atoms with Gasteiger partial charge in [-0.25, -0.2) is 4.98 Å². The van der Waals surface area contributed by atoms with Gasteiger partial charge in [-0.05, 0) is 40.3 Å². The Morgan fingerprint density at radius 1 is 1.09 bits per heavy atom. The van der Waals surface area contributed by atoms with Gasteiger partial charge in [-0.15, -0.1) is 11.3 Å². The number of hydrogen-bond acceptors (Lipinski definition) is 3. The lowest BCUT2D eigenvalue weighted by atomic mass is 10.2. The number of hydrogen-bond donors (Lipinski definition) is 1. The van der Waals surface area contributed by atoms with E-state index >= 15 is 0 Å². The lowest BCUT2D eigenvalue weighted by Crippen LogP contribution is -2.24. The molecule has 0 aliphatic carbocycles. The zero-order valence-electron chi connectivity index (χ0n) is 12.3. The number of rotatable bonds is 5. The summed E-state index contributed by atoms with van der Waals surface area (Å²) in [6, 6.07) is 18.1. The number of thiazole rings is 1. The van der Waals surface area contributed by atoms with Crippen molar-refractivity contribution in [3.8, 4) is 11.3 Å². The molecule has 1 aromatic heterocycles. The van der Waals surface area contributed by atoms with E-state index in [1.807, 2.05) is 35.7 Å². The summed E-state index contributed by atoms with van der Waals surface area (Å²) in [5.74, 6) is -0.00244. The molecular formula is C18H15IN2OS. The SMILES string of the molecule is O=C(Cc1nc(-c2ccc(I)cc2)cs1)NCc1ccccc1. The van der Waals surface area contributed by atoms with E-state index in [0.717, 1.165) is 21.8 Å². The summed E-state index contributed by atoms with van der Waals surface area (Å²) < 4.78 is 1.20. The highest BCUT2D eigenvalue weighted by Gasteiger charge is 2.09. The highest BCUT2D eigenvalue weighted by atomic mass is 127. The maximum atomic E-state index is 12.0. The van der Waals surface area contributed by atoms with E-state index in [4.69, 9.17) is 0 Å². The molecule has 3 rings (SSSR count). The average Bonchev–Trinajstić information content (AvgIpc) is 3.03. The van der Waals surface area contributed by atoms with E-state index in [1.165, 1.54) is 14.9 Å².